The molecule has 0 spiro atoms. The number of halogens is 3. The monoisotopic (exact) mass is 407 g/mol. The van der Waals surface area contributed by atoms with Gasteiger partial charge in [-0.1, -0.05) is 12.1 Å². The smallest absolute Gasteiger partial charge is 0.238 e. The molecule has 0 amide bonds. The van der Waals surface area contributed by atoms with Crippen LogP contribution in [0.2, 0.25) is 0 Å². The number of aromatic amines is 1. The van der Waals surface area contributed by atoms with E-state index < -0.39 is 0 Å². The number of fused-ring (bicyclic) bond motifs is 1. The highest BCUT2D eigenvalue weighted by molar-refractivity contribution is 6.20. The Morgan fingerprint density at radius 1 is 1.15 bits per heavy atom. The molecule has 3 heterocycles. The number of imidazole rings is 1. The minimum atomic E-state index is -0.277. The molecule has 2 aromatic heterocycles. The molecule has 1 aliphatic heterocycles. The number of aromatic hydroxyl groups is 1. The molecule has 6 nitrogen and oxygen atoms in total. The lowest BCUT2D eigenvalue weighted by atomic mass is 10.1. The van der Waals surface area contributed by atoms with E-state index in [9.17, 15) is 9.50 Å². The van der Waals surface area contributed by atoms with E-state index in [2.05, 4.69) is 25.3 Å². The van der Waals surface area contributed by atoms with Crippen LogP contribution in [0.15, 0.2) is 47.6 Å². The van der Waals surface area contributed by atoms with E-state index in [0.29, 0.717) is 24.0 Å². The molecule has 3 aromatic rings. The third-order valence-corrected chi connectivity index (χ3v) is 3.81. The van der Waals surface area contributed by atoms with Gasteiger partial charge < -0.3 is 15.4 Å². The van der Waals surface area contributed by atoms with Crippen LogP contribution in [0, 0.1) is 5.82 Å². The summed E-state index contributed by atoms with van der Waals surface area (Å²) < 4.78 is 12.9. The van der Waals surface area contributed by atoms with Crippen LogP contribution in [0.4, 0.5) is 16.2 Å². The Morgan fingerprint density at radius 3 is 2.70 bits per heavy atom. The molecular weight excluding hydrogens is 392 g/mol. The Hall–Kier alpha value is -2.90. The number of pyridine rings is 1. The molecule has 0 fully saturated rings. The molecule has 0 bridgehead atoms. The number of nitrogens with one attached hydrogen (secondary N) is 2. The van der Waals surface area contributed by atoms with Gasteiger partial charge in [0, 0.05) is 30.1 Å². The molecule has 140 valence electrons. The number of allylic oxidation sites excluding steroid dienone is 1. The van der Waals surface area contributed by atoms with Gasteiger partial charge in [-0.3, -0.25) is 0 Å². The van der Waals surface area contributed by atoms with Gasteiger partial charge >= 0.3 is 0 Å². The average Bonchev–Trinajstić information content (AvgIpc) is 3.19. The second kappa shape index (κ2) is 8.66. The van der Waals surface area contributed by atoms with Gasteiger partial charge in [0.15, 0.2) is 5.82 Å². The predicted octanol–water partition coefficient (Wildman–Crippen LogP) is 4.36. The number of anilines is 1. The Balaban J connectivity index is 0.00000131. The first kappa shape index (κ1) is 20.4. The number of aromatic nitrogens is 3. The predicted molar refractivity (Wildman–Crippen MR) is 109 cm³/mol. The van der Waals surface area contributed by atoms with Crippen molar-refractivity contribution in [3.63, 3.8) is 0 Å². The Bertz CT molecular complexity index is 986. The van der Waals surface area contributed by atoms with Crippen molar-refractivity contribution in [1.29, 1.82) is 0 Å². The van der Waals surface area contributed by atoms with E-state index in [1.165, 1.54) is 12.1 Å². The van der Waals surface area contributed by atoms with Crippen molar-refractivity contribution in [1.82, 2.24) is 15.0 Å². The van der Waals surface area contributed by atoms with Gasteiger partial charge in [0.1, 0.15) is 11.5 Å². The first-order valence-electron chi connectivity index (χ1n) is 7.67. The molecule has 9 heteroatoms. The van der Waals surface area contributed by atoms with E-state index in [-0.39, 0.29) is 36.5 Å². The fourth-order valence-corrected chi connectivity index (χ4v) is 2.55. The Labute approximate surface area is 167 Å². The molecule has 3 N–H and O–H groups in total. The van der Waals surface area contributed by atoms with Crippen molar-refractivity contribution in [2.24, 2.45) is 4.99 Å². The highest BCUT2D eigenvalue weighted by Gasteiger charge is 2.14. The van der Waals surface area contributed by atoms with Crippen molar-refractivity contribution in [3.8, 4) is 5.88 Å². The summed E-state index contributed by atoms with van der Waals surface area (Å²) in [5, 5.41) is 13.1. The van der Waals surface area contributed by atoms with Crippen molar-refractivity contribution in [3.05, 3.63) is 65.2 Å². The maximum Gasteiger partial charge on any atom is 0.238 e. The zero-order valence-electron chi connectivity index (χ0n) is 13.9. The summed E-state index contributed by atoms with van der Waals surface area (Å²) in [7, 11) is 0. The summed E-state index contributed by atoms with van der Waals surface area (Å²) in [6.07, 6.45) is 5.15. The first-order chi connectivity index (χ1) is 12.2. The van der Waals surface area contributed by atoms with E-state index in [0.717, 1.165) is 16.7 Å². The van der Waals surface area contributed by atoms with Gasteiger partial charge in [-0.2, -0.15) is 4.98 Å². The summed E-state index contributed by atoms with van der Waals surface area (Å²) in [6, 6.07) is 9.93. The normalized spacial score (nSPS) is 13.0. The number of rotatable bonds is 4. The molecule has 0 aliphatic carbocycles. The number of H-pyrrole nitrogens is 1. The summed E-state index contributed by atoms with van der Waals surface area (Å²) in [5.41, 5.74) is 3.12. The van der Waals surface area contributed by atoms with E-state index in [1.807, 2.05) is 12.1 Å². The second-order valence-corrected chi connectivity index (χ2v) is 5.54. The summed E-state index contributed by atoms with van der Waals surface area (Å²) >= 11 is 0. The quantitative estimate of drug-likeness (QED) is 0.599. The van der Waals surface area contributed by atoms with Crippen molar-refractivity contribution >= 4 is 54.4 Å². The largest absolute Gasteiger partial charge is 0.492 e. The molecule has 0 saturated heterocycles. The average molecular weight is 408 g/mol. The third-order valence-electron chi connectivity index (χ3n) is 3.81. The van der Waals surface area contributed by atoms with E-state index in [1.54, 1.807) is 30.6 Å². The van der Waals surface area contributed by atoms with Crippen LogP contribution in [0.3, 0.4) is 0 Å². The summed E-state index contributed by atoms with van der Waals surface area (Å²) in [5.74, 6) is 0.693. The van der Waals surface area contributed by atoms with Crippen LogP contribution >= 0.6 is 24.8 Å². The fraction of sp³-hybridized carbons (Fsp3) is 0.0556. The molecule has 1 aliphatic rings. The SMILES string of the molecule is Cl.Cl.Oc1nc(NCc2ccc(F)cc2)[nH]c1/C=C1\C=Nc2ncccc21. The Kier molecular flexibility index (Phi) is 6.55. The number of hydrogen-bond donors (Lipinski definition) is 3. The maximum atomic E-state index is 12.9. The topological polar surface area (TPSA) is 86.2 Å². The molecule has 0 radical (unpaired) electrons. The molecule has 1 aromatic carbocycles. The number of benzene rings is 1. The fourth-order valence-electron chi connectivity index (χ4n) is 2.55. The van der Waals surface area contributed by atoms with Gasteiger partial charge in [-0.15, -0.1) is 24.8 Å². The van der Waals surface area contributed by atoms with Gasteiger partial charge in [-0.05, 0) is 35.9 Å². The van der Waals surface area contributed by atoms with Crippen LogP contribution in [0.25, 0.3) is 11.6 Å². The van der Waals surface area contributed by atoms with Gasteiger partial charge in [0.2, 0.25) is 11.8 Å². The Morgan fingerprint density at radius 2 is 1.93 bits per heavy atom. The van der Waals surface area contributed by atoms with Crippen LogP contribution in [-0.2, 0) is 6.54 Å². The molecule has 0 atom stereocenters. The number of nitrogens with zero attached hydrogens (tertiary/aromatic N) is 3. The lowest BCUT2D eigenvalue weighted by Gasteiger charge is -2.02. The molecule has 0 saturated carbocycles. The molecule has 0 unspecified atom stereocenters. The minimum absolute atomic E-state index is 0. The molecule has 27 heavy (non-hydrogen) atoms. The number of aliphatic imine (C=N–C) groups is 1. The van der Waals surface area contributed by atoms with Crippen molar-refractivity contribution in [2.45, 2.75) is 6.54 Å². The lowest BCUT2D eigenvalue weighted by molar-refractivity contribution is 0.455. The third kappa shape index (κ3) is 4.45. The number of hydrogen-bond acceptors (Lipinski definition) is 5. The van der Waals surface area contributed by atoms with Crippen LogP contribution < -0.4 is 5.32 Å². The maximum absolute atomic E-state index is 12.9. The van der Waals surface area contributed by atoms with Crippen LogP contribution in [0.5, 0.6) is 5.88 Å². The van der Waals surface area contributed by atoms with E-state index in [4.69, 9.17) is 0 Å². The van der Waals surface area contributed by atoms with Gasteiger partial charge in [-0.25, -0.2) is 14.4 Å². The van der Waals surface area contributed by atoms with Gasteiger partial charge in [0.05, 0.1) is 0 Å². The van der Waals surface area contributed by atoms with Crippen LogP contribution in [-0.4, -0.2) is 26.3 Å². The first-order valence-corrected chi connectivity index (χ1v) is 7.67. The van der Waals surface area contributed by atoms with E-state index >= 15 is 0 Å². The molecule has 4 rings (SSSR count). The highest BCUT2D eigenvalue weighted by atomic mass is 35.5. The molecular formula is C18H16Cl2FN5O. The van der Waals surface area contributed by atoms with Gasteiger partial charge in [0.25, 0.3) is 0 Å². The summed E-state index contributed by atoms with van der Waals surface area (Å²) in [6.45, 7) is 0.456. The van der Waals surface area contributed by atoms with Crippen molar-refractivity contribution in [2.75, 3.05) is 5.32 Å². The second-order valence-electron chi connectivity index (χ2n) is 5.54. The highest BCUT2D eigenvalue weighted by Crippen LogP contribution is 2.31. The zero-order valence-corrected chi connectivity index (χ0v) is 15.5. The van der Waals surface area contributed by atoms with Crippen molar-refractivity contribution < 1.29 is 9.50 Å². The summed E-state index contributed by atoms with van der Waals surface area (Å²) in [4.78, 5) is 15.5. The standard InChI is InChI=1S/C18H14FN5O.2ClH/c19-13-5-3-11(4-6-13)9-22-18-23-15(17(25)24-18)8-12-10-21-16-14(12)2-1-7-20-16;;/h1-8,10,25H,9H2,(H2,22,23,24);2*1H/b12-8+;;. The zero-order chi connectivity index (χ0) is 17.2. The lowest BCUT2D eigenvalue weighted by Crippen LogP contribution is -2.00. The minimum Gasteiger partial charge on any atom is -0.492 e. The van der Waals surface area contributed by atoms with Crippen LogP contribution in [0.1, 0.15) is 16.8 Å².